The minimum atomic E-state index is 0.244. The minimum absolute atomic E-state index is 0.244. The molecular weight excluding hydrogens is 378 g/mol. The van der Waals surface area contributed by atoms with Gasteiger partial charge in [0, 0.05) is 0 Å². The maximum absolute atomic E-state index is 5.42. The van der Waals surface area contributed by atoms with Crippen LogP contribution in [0.15, 0.2) is 76.8 Å². The molecule has 5 rings (SSSR count). The quantitative estimate of drug-likeness (QED) is 0.305. The zero-order chi connectivity index (χ0) is 20.3. The Balaban J connectivity index is 1.45. The van der Waals surface area contributed by atoms with E-state index in [1.54, 1.807) is 6.21 Å². The molecule has 2 heterocycles. The molecule has 0 spiro atoms. The molecule has 1 aliphatic rings. The van der Waals surface area contributed by atoms with Gasteiger partial charge in [-0.3, -0.25) is 5.43 Å². The van der Waals surface area contributed by atoms with Crippen LogP contribution < -0.4 is 14.9 Å². The molecule has 4 aromatic rings. The summed E-state index contributed by atoms with van der Waals surface area (Å²) >= 11 is 0. The molecule has 0 unspecified atom stereocenters. The van der Waals surface area contributed by atoms with Crippen molar-refractivity contribution in [2.45, 2.75) is 6.92 Å². The molecule has 1 aliphatic heterocycles. The smallest absolute Gasteiger partial charge is 0.231 e. The maximum Gasteiger partial charge on any atom is 0.231 e. The summed E-state index contributed by atoms with van der Waals surface area (Å²) in [5.41, 5.74) is 7.69. The van der Waals surface area contributed by atoms with Crippen molar-refractivity contribution in [3.05, 3.63) is 83.7 Å². The van der Waals surface area contributed by atoms with Crippen molar-refractivity contribution in [3.63, 3.8) is 0 Å². The van der Waals surface area contributed by atoms with Gasteiger partial charge in [0.2, 0.25) is 6.79 Å². The highest BCUT2D eigenvalue weighted by molar-refractivity contribution is 6.00. The second-order valence-corrected chi connectivity index (χ2v) is 6.88. The lowest BCUT2D eigenvalue weighted by molar-refractivity contribution is 0.174. The third-order valence-corrected chi connectivity index (χ3v) is 4.67. The molecule has 0 bridgehead atoms. The van der Waals surface area contributed by atoms with Crippen LogP contribution >= 0.6 is 0 Å². The lowest BCUT2D eigenvalue weighted by atomic mass is 10.2. The van der Waals surface area contributed by atoms with E-state index in [9.17, 15) is 0 Å². The Morgan fingerprint density at radius 3 is 2.73 bits per heavy atom. The Bertz CT molecular complexity index is 1230. The minimum Gasteiger partial charge on any atom is -0.454 e. The van der Waals surface area contributed by atoms with Gasteiger partial charge < -0.3 is 14.5 Å². The summed E-state index contributed by atoms with van der Waals surface area (Å²) in [6.07, 6.45) is 1.70. The highest BCUT2D eigenvalue weighted by Gasteiger charge is 2.13. The fourth-order valence-corrected chi connectivity index (χ4v) is 3.11. The van der Waals surface area contributed by atoms with Gasteiger partial charge >= 0.3 is 0 Å². The predicted octanol–water partition coefficient (Wildman–Crippen LogP) is 4.30. The van der Waals surface area contributed by atoms with Gasteiger partial charge in [-0.15, -0.1) is 0 Å². The molecule has 30 heavy (non-hydrogen) atoms. The number of hydrogen-bond donors (Lipinski definition) is 2. The van der Waals surface area contributed by atoms with Crippen molar-refractivity contribution in [1.29, 1.82) is 0 Å². The number of imidazole rings is 1. The van der Waals surface area contributed by atoms with E-state index in [1.165, 1.54) is 5.56 Å². The van der Waals surface area contributed by atoms with Crippen LogP contribution in [0.4, 0.5) is 5.69 Å². The number of hydrogen-bond acceptors (Lipinski definition) is 5. The van der Waals surface area contributed by atoms with E-state index in [2.05, 4.69) is 20.5 Å². The number of rotatable bonds is 4. The average Bonchev–Trinajstić information content (AvgIpc) is 3.41. The number of nitrogens with zero attached hydrogens (tertiary/aromatic N) is 3. The summed E-state index contributed by atoms with van der Waals surface area (Å²) < 4.78 is 10.8. The first-order valence-electron chi connectivity index (χ1n) is 9.54. The molecule has 7 heteroatoms. The van der Waals surface area contributed by atoms with Crippen LogP contribution in [0.1, 0.15) is 17.0 Å². The molecule has 0 saturated carbocycles. The third-order valence-electron chi connectivity index (χ3n) is 4.67. The van der Waals surface area contributed by atoms with Crippen LogP contribution in [0.25, 0.3) is 11.0 Å². The first-order valence-corrected chi connectivity index (χ1v) is 9.54. The normalized spacial score (nSPS) is 13.3. The predicted molar refractivity (Wildman–Crippen MR) is 117 cm³/mol. The molecule has 3 aromatic carbocycles. The zero-order valence-electron chi connectivity index (χ0n) is 16.3. The van der Waals surface area contributed by atoms with Crippen LogP contribution in [-0.4, -0.2) is 28.8 Å². The highest BCUT2D eigenvalue weighted by Crippen LogP contribution is 2.31. The van der Waals surface area contributed by atoms with Crippen LogP contribution in [0.3, 0.4) is 0 Å². The summed E-state index contributed by atoms with van der Waals surface area (Å²) in [6.45, 7) is 2.29. The number of aromatic amines is 1. The van der Waals surface area contributed by atoms with Crippen molar-refractivity contribution in [2.24, 2.45) is 10.1 Å². The number of para-hydroxylation sites is 2. The van der Waals surface area contributed by atoms with Gasteiger partial charge in [-0.1, -0.05) is 29.8 Å². The van der Waals surface area contributed by atoms with E-state index in [1.807, 2.05) is 73.7 Å². The van der Waals surface area contributed by atoms with Crippen LogP contribution in [-0.2, 0) is 0 Å². The Hall–Kier alpha value is -4.13. The van der Waals surface area contributed by atoms with Gasteiger partial charge in [-0.25, -0.2) is 9.98 Å². The van der Waals surface area contributed by atoms with E-state index >= 15 is 0 Å². The summed E-state index contributed by atoms with van der Waals surface area (Å²) in [5, 5.41) is 4.37. The Kier molecular flexibility index (Phi) is 4.61. The molecule has 2 N–H and O–H groups in total. The first-order chi connectivity index (χ1) is 14.7. The standard InChI is InChI=1S/C23H19N5O2/c1-15-6-9-17(10-7-15)25-23(22-26-18-4-2-3-5-19(18)27-22)28-24-13-16-8-11-20-21(12-16)30-14-29-20/h2-13H,14H2,1H3,(H,25,28)(H,26,27)/b24-13+. The molecule has 0 fully saturated rings. The number of benzene rings is 3. The van der Waals surface area contributed by atoms with Crippen LogP contribution in [0.5, 0.6) is 11.5 Å². The van der Waals surface area contributed by atoms with Crippen LogP contribution in [0, 0.1) is 6.92 Å². The number of hydrazone groups is 1. The monoisotopic (exact) mass is 397 g/mol. The van der Waals surface area contributed by atoms with E-state index in [-0.39, 0.29) is 6.79 Å². The van der Waals surface area contributed by atoms with Crippen molar-refractivity contribution in [1.82, 2.24) is 15.4 Å². The first kappa shape index (κ1) is 17.9. The topological polar surface area (TPSA) is 83.9 Å². The van der Waals surface area contributed by atoms with E-state index in [0.717, 1.165) is 28.0 Å². The maximum atomic E-state index is 5.42. The number of ether oxygens (including phenoxy) is 2. The lowest BCUT2D eigenvalue weighted by Gasteiger charge is -2.04. The summed E-state index contributed by atoms with van der Waals surface area (Å²) in [6, 6.07) is 21.5. The van der Waals surface area contributed by atoms with Gasteiger partial charge in [-0.2, -0.15) is 5.10 Å². The molecule has 0 aliphatic carbocycles. The number of nitrogens with one attached hydrogen (secondary N) is 2. The fraction of sp³-hybridized carbons (Fsp3) is 0.0870. The van der Waals surface area contributed by atoms with Gasteiger partial charge in [0.1, 0.15) is 0 Å². The van der Waals surface area contributed by atoms with Crippen molar-refractivity contribution >= 4 is 28.8 Å². The molecule has 0 atom stereocenters. The van der Waals surface area contributed by atoms with E-state index in [4.69, 9.17) is 14.5 Å². The SMILES string of the molecule is Cc1ccc(N=C(N/N=C/c2ccc3c(c2)OCO3)c2nc3ccccc3[nH]2)cc1. The number of fused-ring (bicyclic) bond motifs is 2. The summed E-state index contributed by atoms with van der Waals surface area (Å²) in [7, 11) is 0. The van der Waals surface area contributed by atoms with Gasteiger partial charge in [-0.05, 0) is 55.0 Å². The zero-order valence-corrected chi connectivity index (χ0v) is 16.3. The van der Waals surface area contributed by atoms with E-state index in [0.29, 0.717) is 17.4 Å². The van der Waals surface area contributed by atoms with Crippen molar-refractivity contribution < 1.29 is 9.47 Å². The molecule has 148 valence electrons. The Morgan fingerprint density at radius 1 is 1.03 bits per heavy atom. The van der Waals surface area contributed by atoms with Crippen molar-refractivity contribution in [3.8, 4) is 11.5 Å². The highest BCUT2D eigenvalue weighted by atomic mass is 16.7. The van der Waals surface area contributed by atoms with Gasteiger partial charge in [0.15, 0.2) is 23.2 Å². The number of H-pyrrole nitrogens is 1. The number of amidine groups is 1. The lowest BCUT2D eigenvalue weighted by Crippen LogP contribution is -2.20. The number of aromatic nitrogens is 2. The second kappa shape index (κ2) is 7.71. The van der Waals surface area contributed by atoms with Crippen LogP contribution in [0.2, 0.25) is 0 Å². The summed E-state index contributed by atoms with van der Waals surface area (Å²) in [5.74, 6) is 2.58. The summed E-state index contributed by atoms with van der Waals surface area (Å²) in [4.78, 5) is 12.6. The fourth-order valence-electron chi connectivity index (χ4n) is 3.11. The van der Waals surface area contributed by atoms with Gasteiger partial charge in [0.25, 0.3) is 0 Å². The molecule has 0 saturated heterocycles. The number of aliphatic imine (C=N–C) groups is 1. The van der Waals surface area contributed by atoms with Gasteiger partial charge in [0.05, 0.1) is 22.9 Å². The number of aryl methyl sites for hydroxylation is 1. The second-order valence-electron chi connectivity index (χ2n) is 6.88. The van der Waals surface area contributed by atoms with Crippen molar-refractivity contribution in [2.75, 3.05) is 6.79 Å². The molecule has 0 amide bonds. The Morgan fingerprint density at radius 2 is 1.87 bits per heavy atom. The molecule has 0 radical (unpaired) electrons. The Labute approximate surface area is 173 Å². The largest absolute Gasteiger partial charge is 0.454 e. The molecule has 7 nitrogen and oxygen atoms in total. The average molecular weight is 397 g/mol. The molecular formula is C23H19N5O2. The third kappa shape index (κ3) is 3.73. The molecule has 1 aromatic heterocycles. The van der Waals surface area contributed by atoms with E-state index < -0.39 is 0 Å².